The topological polar surface area (TPSA) is 96.5 Å². The highest BCUT2D eigenvalue weighted by atomic mass is 35.5. The standard InChI is InChI=1S/C14H18ClN3O4/c1-2-22-14(21)16-8-7-12(19)17-18-13(20)9-10-3-5-11(15)6-4-10/h3-6H,2,7-9H2,1H3,(H,16,21)(H,17,19)(H,18,20). The first kappa shape index (κ1) is 17.8. The van der Waals surface area contributed by atoms with Gasteiger partial charge in [-0.15, -0.1) is 0 Å². The maximum Gasteiger partial charge on any atom is 0.407 e. The highest BCUT2D eigenvalue weighted by Gasteiger charge is 2.07. The molecule has 0 aliphatic carbocycles. The number of rotatable bonds is 6. The molecule has 0 atom stereocenters. The van der Waals surface area contributed by atoms with E-state index < -0.39 is 12.0 Å². The minimum atomic E-state index is -0.581. The van der Waals surface area contributed by atoms with Crippen molar-refractivity contribution < 1.29 is 19.1 Å². The number of hydrogen-bond acceptors (Lipinski definition) is 4. The maximum atomic E-state index is 11.6. The minimum absolute atomic E-state index is 0.0278. The Bertz CT molecular complexity index is 519. The molecule has 3 N–H and O–H groups in total. The van der Waals surface area contributed by atoms with Crippen molar-refractivity contribution in [3.63, 3.8) is 0 Å². The van der Waals surface area contributed by atoms with Crippen LogP contribution in [0, 0.1) is 0 Å². The average Bonchev–Trinajstić information content (AvgIpc) is 2.48. The Labute approximate surface area is 133 Å². The molecule has 0 aliphatic heterocycles. The third-order valence-corrected chi connectivity index (χ3v) is 2.77. The van der Waals surface area contributed by atoms with Crippen LogP contribution in [0.3, 0.4) is 0 Å². The second-order valence-corrected chi connectivity index (χ2v) is 4.73. The molecule has 0 saturated heterocycles. The van der Waals surface area contributed by atoms with Gasteiger partial charge in [0.2, 0.25) is 11.8 Å². The predicted molar refractivity (Wildman–Crippen MR) is 81.1 cm³/mol. The molecule has 8 heteroatoms. The van der Waals surface area contributed by atoms with E-state index in [2.05, 4.69) is 20.9 Å². The fourth-order valence-corrected chi connectivity index (χ4v) is 1.62. The molecule has 7 nitrogen and oxygen atoms in total. The van der Waals surface area contributed by atoms with Gasteiger partial charge in [-0.3, -0.25) is 20.4 Å². The van der Waals surface area contributed by atoms with Gasteiger partial charge in [-0.25, -0.2) is 4.79 Å². The fraction of sp³-hybridized carbons (Fsp3) is 0.357. The number of carbonyl (C=O) groups is 3. The van der Waals surface area contributed by atoms with Gasteiger partial charge in [-0.2, -0.15) is 0 Å². The number of nitrogens with one attached hydrogen (secondary N) is 3. The summed E-state index contributed by atoms with van der Waals surface area (Å²) in [6, 6.07) is 6.83. The molecule has 3 amide bonds. The third kappa shape index (κ3) is 7.49. The summed E-state index contributed by atoms with van der Waals surface area (Å²) in [6.45, 7) is 2.07. The summed E-state index contributed by atoms with van der Waals surface area (Å²) in [5.74, 6) is -0.768. The summed E-state index contributed by atoms with van der Waals surface area (Å²) in [4.78, 5) is 34.0. The summed E-state index contributed by atoms with van der Waals surface area (Å²) in [7, 11) is 0. The van der Waals surface area contributed by atoms with Gasteiger partial charge in [-0.05, 0) is 24.6 Å². The van der Waals surface area contributed by atoms with Crippen molar-refractivity contribution in [2.75, 3.05) is 13.2 Å². The Kier molecular flexibility index (Phi) is 7.77. The molecule has 0 unspecified atom stereocenters. The first-order chi connectivity index (χ1) is 10.5. The van der Waals surface area contributed by atoms with Gasteiger partial charge in [0.1, 0.15) is 0 Å². The van der Waals surface area contributed by atoms with Crippen LogP contribution in [0.5, 0.6) is 0 Å². The molecule has 0 aliphatic rings. The highest BCUT2D eigenvalue weighted by Crippen LogP contribution is 2.09. The lowest BCUT2D eigenvalue weighted by atomic mass is 10.1. The number of carbonyl (C=O) groups excluding carboxylic acids is 3. The second-order valence-electron chi connectivity index (χ2n) is 4.30. The normalized spacial score (nSPS) is 9.73. The summed E-state index contributed by atoms with van der Waals surface area (Å²) in [6.07, 6.45) is -0.430. The third-order valence-electron chi connectivity index (χ3n) is 2.52. The van der Waals surface area contributed by atoms with Crippen LogP contribution in [-0.2, 0) is 20.7 Å². The van der Waals surface area contributed by atoms with Crippen molar-refractivity contribution in [2.45, 2.75) is 19.8 Å². The molecule has 0 bridgehead atoms. The summed E-state index contributed by atoms with van der Waals surface area (Å²) < 4.78 is 4.64. The summed E-state index contributed by atoms with van der Waals surface area (Å²) in [5.41, 5.74) is 5.33. The van der Waals surface area contributed by atoms with Crippen LogP contribution in [0.2, 0.25) is 5.02 Å². The van der Waals surface area contributed by atoms with Crippen LogP contribution in [0.25, 0.3) is 0 Å². The molecule has 0 heterocycles. The molecule has 0 spiro atoms. The molecule has 1 aromatic carbocycles. The van der Waals surface area contributed by atoms with Gasteiger partial charge in [0, 0.05) is 18.0 Å². The zero-order valence-corrected chi connectivity index (χ0v) is 12.9. The number of ether oxygens (including phenoxy) is 1. The second kappa shape index (κ2) is 9.62. The van der Waals surface area contributed by atoms with Gasteiger partial charge in [-0.1, -0.05) is 23.7 Å². The van der Waals surface area contributed by atoms with Crippen molar-refractivity contribution in [1.82, 2.24) is 16.2 Å². The van der Waals surface area contributed by atoms with Crippen molar-refractivity contribution >= 4 is 29.5 Å². The van der Waals surface area contributed by atoms with Gasteiger partial charge in [0.05, 0.1) is 13.0 Å². The largest absolute Gasteiger partial charge is 0.450 e. The Morgan fingerprint density at radius 2 is 1.73 bits per heavy atom. The first-order valence-electron chi connectivity index (χ1n) is 6.74. The smallest absolute Gasteiger partial charge is 0.407 e. The molecular formula is C14H18ClN3O4. The summed E-state index contributed by atoms with van der Waals surface area (Å²) >= 11 is 5.75. The van der Waals surface area contributed by atoms with Gasteiger partial charge in [0.25, 0.3) is 0 Å². The number of hydrazine groups is 1. The zero-order valence-electron chi connectivity index (χ0n) is 12.1. The quantitative estimate of drug-likeness (QED) is 0.683. The monoisotopic (exact) mass is 327 g/mol. The van der Waals surface area contributed by atoms with Gasteiger partial charge < -0.3 is 10.1 Å². The first-order valence-corrected chi connectivity index (χ1v) is 7.11. The number of benzene rings is 1. The lowest BCUT2D eigenvalue weighted by molar-refractivity contribution is -0.128. The van der Waals surface area contributed by atoms with Gasteiger partial charge >= 0.3 is 6.09 Å². The molecule has 0 aromatic heterocycles. The van der Waals surface area contributed by atoms with E-state index in [4.69, 9.17) is 11.6 Å². The van der Waals surface area contributed by atoms with E-state index in [1.807, 2.05) is 0 Å². The van der Waals surface area contributed by atoms with Crippen LogP contribution < -0.4 is 16.2 Å². The van der Waals surface area contributed by atoms with E-state index >= 15 is 0 Å². The van der Waals surface area contributed by atoms with E-state index in [0.29, 0.717) is 5.02 Å². The molecule has 0 fully saturated rings. The van der Waals surface area contributed by atoms with Crippen LogP contribution >= 0.6 is 11.6 Å². The number of halogens is 1. The van der Waals surface area contributed by atoms with E-state index in [0.717, 1.165) is 5.56 Å². The lowest BCUT2D eigenvalue weighted by Gasteiger charge is -2.08. The van der Waals surface area contributed by atoms with Crippen molar-refractivity contribution in [2.24, 2.45) is 0 Å². The predicted octanol–water partition coefficient (Wildman–Crippen LogP) is 1.17. The Morgan fingerprint density at radius 1 is 1.09 bits per heavy atom. The Morgan fingerprint density at radius 3 is 2.36 bits per heavy atom. The fourth-order valence-electron chi connectivity index (χ4n) is 1.49. The average molecular weight is 328 g/mol. The van der Waals surface area contributed by atoms with Crippen LogP contribution in [0.15, 0.2) is 24.3 Å². The maximum absolute atomic E-state index is 11.6. The SMILES string of the molecule is CCOC(=O)NCCC(=O)NNC(=O)Cc1ccc(Cl)cc1. The van der Waals surface area contributed by atoms with Crippen LogP contribution in [0.1, 0.15) is 18.9 Å². The molecule has 0 saturated carbocycles. The van der Waals surface area contributed by atoms with E-state index in [9.17, 15) is 14.4 Å². The number of alkyl carbamates (subject to hydrolysis) is 1. The Hall–Kier alpha value is -2.28. The van der Waals surface area contributed by atoms with E-state index in [-0.39, 0.29) is 31.9 Å². The number of hydrogen-bond donors (Lipinski definition) is 3. The molecule has 0 radical (unpaired) electrons. The van der Waals surface area contributed by atoms with Crippen molar-refractivity contribution in [1.29, 1.82) is 0 Å². The number of amides is 3. The molecule has 22 heavy (non-hydrogen) atoms. The lowest BCUT2D eigenvalue weighted by Crippen LogP contribution is -2.43. The zero-order chi connectivity index (χ0) is 16.4. The van der Waals surface area contributed by atoms with Gasteiger partial charge in [0.15, 0.2) is 0 Å². The minimum Gasteiger partial charge on any atom is -0.450 e. The van der Waals surface area contributed by atoms with Crippen LogP contribution in [0.4, 0.5) is 4.79 Å². The Balaban J connectivity index is 2.19. The molecular weight excluding hydrogens is 310 g/mol. The van der Waals surface area contributed by atoms with E-state index in [1.165, 1.54) is 0 Å². The van der Waals surface area contributed by atoms with Crippen LogP contribution in [-0.4, -0.2) is 31.1 Å². The molecule has 1 aromatic rings. The molecule has 1 rings (SSSR count). The van der Waals surface area contributed by atoms with E-state index in [1.54, 1.807) is 31.2 Å². The van der Waals surface area contributed by atoms with Crippen molar-refractivity contribution in [3.8, 4) is 0 Å². The highest BCUT2D eigenvalue weighted by molar-refractivity contribution is 6.30. The molecule has 120 valence electrons. The van der Waals surface area contributed by atoms with Crippen molar-refractivity contribution in [3.05, 3.63) is 34.9 Å². The summed E-state index contributed by atoms with van der Waals surface area (Å²) in [5, 5.41) is 2.99.